The van der Waals surface area contributed by atoms with Crippen LogP contribution in [0.3, 0.4) is 0 Å². The molecule has 2 fully saturated rings. The number of carbonyl (C=O) groups excluding carboxylic acids is 1. The Hall–Kier alpha value is -2.48. The number of hydrogen-bond acceptors (Lipinski definition) is 7. The normalized spacial score (nSPS) is 18.0. The van der Waals surface area contributed by atoms with Gasteiger partial charge >= 0.3 is 0 Å². The maximum atomic E-state index is 11.8. The van der Waals surface area contributed by atoms with Crippen LogP contribution in [0.4, 0.5) is 5.95 Å². The van der Waals surface area contributed by atoms with Gasteiger partial charge in [-0.2, -0.15) is 4.98 Å². The van der Waals surface area contributed by atoms with Gasteiger partial charge in [-0.3, -0.25) is 9.78 Å². The summed E-state index contributed by atoms with van der Waals surface area (Å²) in [5, 5.41) is 4.12. The van der Waals surface area contributed by atoms with Crippen molar-refractivity contribution >= 4 is 11.9 Å². The SMILES string of the molecule is CCC(=O)N1CCN(c2noc(-c3ccnc(CC4COC4)c3)n2)CC1. The summed E-state index contributed by atoms with van der Waals surface area (Å²) in [6.45, 7) is 6.33. The number of piperazine rings is 1. The molecule has 4 heterocycles. The lowest BCUT2D eigenvalue weighted by molar-refractivity contribution is -0.131. The minimum atomic E-state index is 0.194. The van der Waals surface area contributed by atoms with E-state index in [1.807, 2.05) is 24.0 Å². The average Bonchev–Trinajstić information content (AvgIpc) is 3.15. The summed E-state index contributed by atoms with van der Waals surface area (Å²) in [6, 6.07) is 3.89. The number of pyridine rings is 1. The lowest BCUT2D eigenvalue weighted by Gasteiger charge is -2.33. The Balaban J connectivity index is 1.42. The van der Waals surface area contributed by atoms with E-state index in [-0.39, 0.29) is 5.91 Å². The Labute approximate surface area is 152 Å². The quantitative estimate of drug-likeness (QED) is 0.799. The van der Waals surface area contributed by atoms with E-state index in [9.17, 15) is 4.79 Å². The fraction of sp³-hybridized carbons (Fsp3) is 0.556. The summed E-state index contributed by atoms with van der Waals surface area (Å²) in [5.74, 6) is 1.83. The van der Waals surface area contributed by atoms with Crippen LogP contribution in [0.5, 0.6) is 0 Å². The van der Waals surface area contributed by atoms with E-state index in [1.165, 1.54) is 0 Å². The van der Waals surface area contributed by atoms with Crippen molar-refractivity contribution in [3.63, 3.8) is 0 Å². The molecule has 8 heteroatoms. The predicted molar refractivity (Wildman–Crippen MR) is 94.6 cm³/mol. The van der Waals surface area contributed by atoms with Crippen molar-refractivity contribution < 1.29 is 14.1 Å². The first-order chi connectivity index (χ1) is 12.7. The lowest BCUT2D eigenvalue weighted by Crippen LogP contribution is -2.48. The molecule has 0 N–H and O–H groups in total. The Morgan fingerprint density at radius 2 is 2.08 bits per heavy atom. The Morgan fingerprint density at radius 1 is 1.27 bits per heavy atom. The maximum absolute atomic E-state index is 11.8. The minimum absolute atomic E-state index is 0.194. The molecule has 0 aliphatic carbocycles. The summed E-state index contributed by atoms with van der Waals surface area (Å²) < 4.78 is 10.7. The number of carbonyl (C=O) groups is 1. The number of anilines is 1. The van der Waals surface area contributed by atoms with Gasteiger partial charge in [-0.25, -0.2) is 0 Å². The third kappa shape index (κ3) is 3.55. The molecule has 0 aromatic carbocycles. The summed E-state index contributed by atoms with van der Waals surface area (Å²) in [4.78, 5) is 24.7. The van der Waals surface area contributed by atoms with Crippen molar-refractivity contribution in [1.82, 2.24) is 20.0 Å². The van der Waals surface area contributed by atoms with Gasteiger partial charge in [0.05, 0.1) is 13.2 Å². The second kappa shape index (κ2) is 7.41. The van der Waals surface area contributed by atoms with E-state index in [0.29, 0.717) is 50.4 Å². The number of rotatable bonds is 5. The van der Waals surface area contributed by atoms with Crippen molar-refractivity contribution in [3.05, 3.63) is 24.0 Å². The molecule has 2 aromatic rings. The van der Waals surface area contributed by atoms with Crippen molar-refractivity contribution in [1.29, 1.82) is 0 Å². The summed E-state index contributed by atoms with van der Waals surface area (Å²) in [7, 11) is 0. The molecule has 0 radical (unpaired) electrons. The summed E-state index contributed by atoms with van der Waals surface area (Å²) in [6.07, 6.45) is 3.23. The van der Waals surface area contributed by atoms with Gasteiger partial charge in [0, 0.05) is 56.0 Å². The predicted octanol–water partition coefficient (Wildman–Crippen LogP) is 1.38. The molecule has 2 aromatic heterocycles. The molecule has 2 aliphatic rings. The third-order valence-corrected chi connectivity index (χ3v) is 4.90. The zero-order valence-electron chi connectivity index (χ0n) is 14.9. The Bertz CT molecular complexity index is 766. The zero-order chi connectivity index (χ0) is 17.9. The fourth-order valence-electron chi connectivity index (χ4n) is 3.26. The molecule has 1 amide bonds. The van der Waals surface area contributed by atoms with Crippen LogP contribution in [0.2, 0.25) is 0 Å². The van der Waals surface area contributed by atoms with E-state index in [4.69, 9.17) is 9.26 Å². The second-order valence-electron chi connectivity index (χ2n) is 6.76. The third-order valence-electron chi connectivity index (χ3n) is 4.90. The van der Waals surface area contributed by atoms with Gasteiger partial charge in [0.25, 0.3) is 11.8 Å². The molecule has 8 nitrogen and oxygen atoms in total. The molecule has 4 rings (SSSR count). The molecule has 2 aliphatic heterocycles. The largest absolute Gasteiger partial charge is 0.381 e. The molecule has 0 atom stereocenters. The van der Waals surface area contributed by atoms with Gasteiger partial charge < -0.3 is 19.1 Å². The highest BCUT2D eigenvalue weighted by Crippen LogP contribution is 2.23. The fourth-order valence-corrected chi connectivity index (χ4v) is 3.26. The van der Waals surface area contributed by atoms with E-state index >= 15 is 0 Å². The average molecular weight is 357 g/mol. The number of nitrogens with zero attached hydrogens (tertiary/aromatic N) is 5. The smallest absolute Gasteiger partial charge is 0.266 e. The molecule has 0 saturated carbocycles. The second-order valence-corrected chi connectivity index (χ2v) is 6.76. The standard InChI is InChI=1S/C18H23N5O3/c1-2-16(24)22-5-7-23(8-6-22)18-20-17(26-21-18)14-3-4-19-15(10-14)9-13-11-25-12-13/h3-4,10,13H,2,5-9,11-12H2,1H3. The molecule has 138 valence electrons. The minimum Gasteiger partial charge on any atom is -0.381 e. The van der Waals surface area contributed by atoms with Crippen LogP contribution >= 0.6 is 0 Å². The van der Waals surface area contributed by atoms with Gasteiger partial charge in [0.1, 0.15) is 0 Å². The first kappa shape index (κ1) is 17.0. The highest BCUT2D eigenvalue weighted by Gasteiger charge is 2.24. The molecule has 0 bridgehead atoms. The van der Waals surface area contributed by atoms with Gasteiger partial charge in [-0.15, -0.1) is 0 Å². The van der Waals surface area contributed by atoms with Gasteiger partial charge in [-0.05, 0) is 23.7 Å². The van der Waals surface area contributed by atoms with Crippen LogP contribution in [0.1, 0.15) is 19.0 Å². The summed E-state index contributed by atoms with van der Waals surface area (Å²) in [5.41, 5.74) is 1.90. The first-order valence-electron chi connectivity index (χ1n) is 9.12. The van der Waals surface area contributed by atoms with Crippen LogP contribution < -0.4 is 4.90 Å². The molecule has 2 saturated heterocycles. The van der Waals surface area contributed by atoms with Crippen LogP contribution in [-0.2, 0) is 16.0 Å². The molecule has 0 spiro atoms. The van der Waals surface area contributed by atoms with Gasteiger partial charge in [0.15, 0.2) is 0 Å². The van der Waals surface area contributed by atoms with E-state index in [0.717, 1.165) is 30.9 Å². The van der Waals surface area contributed by atoms with Gasteiger partial charge in [0.2, 0.25) is 5.91 Å². The highest BCUT2D eigenvalue weighted by atomic mass is 16.5. The molecule has 0 unspecified atom stereocenters. The number of ether oxygens (including phenoxy) is 1. The highest BCUT2D eigenvalue weighted by molar-refractivity contribution is 5.76. The lowest BCUT2D eigenvalue weighted by atomic mass is 10.0. The van der Waals surface area contributed by atoms with Crippen molar-refractivity contribution in [2.75, 3.05) is 44.3 Å². The van der Waals surface area contributed by atoms with Crippen LogP contribution in [-0.4, -0.2) is 65.3 Å². The van der Waals surface area contributed by atoms with Crippen LogP contribution in [0.25, 0.3) is 11.5 Å². The topological polar surface area (TPSA) is 84.6 Å². The van der Waals surface area contributed by atoms with Crippen molar-refractivity contribution in [2.24, 2.45) is 5.92 Å². The first-order valence-corrected chi connectivity index (χ1v) is 9.12. The van der Waals surface area contributed by atoms with Gasteiger partial charge in [-0.1, -0.05) is 6.92 Å². The Kier molecular flexibility index (Phi) is 4.83. The van der Waals surface area contributed by atoms with E-state index in [2.05, 4.69) is 20.0 Å². The number of hydrogen-bond donors (Lipinski definition) is 0. The maximum Gasteiger partial charge on any atom is 0.266 e. The molecule has 26 heavy (non-hydrogen) atoms. The van der Waals surface area contributed by atoms with Crippen molar-refractivity contribution in [3.8, 4) is 11.5 Å². The van der Waals surface area contributed by atoms with Crippen LogP contribution in [0, 0.1) is 5.92 Å². The number of amides is 1. The molecular formula is C18H23N5O3. The number of aromatic nitrogens is 3. The van der Waals surface area contributed by atoms with Crippen LogP contribution in [0.15, 0.2) is 22.9 Å². The van der Waals surface area contributed by atoms with E-state index in [1.54, 1.807) is 6.20 Å². The Morgan fingerprint density at radius 3 is 2.77 bits per heavy atom. The zero-order valence-corrected chi connectivity index (χ0v) is 14.9. The van der Waals surface area contributed by atoms with E-state index < -0.39 is 0 Å². The monoisotopic (exact) mass is 357 g/mol. The summed E-state index contributed by atoms with van der Waals surface area (Å²) >= 11 is 0. The van der Waals surface area contributed by atoms with Crippen molar-refractivity contribution in [2.45, 2.75) is 19.8 Å². The molecular weight excluding hydrogens is 334 g/mol.